The number of rotatable bonds is 5. The molecule has 0 spiro atoms. The highest BCUT2D eigenvalue weighted by atomic mass is 16.3. The Morgan fingerprint density at radius 3 is 2.65 bits per heavy atom. The van der Waals surface area contributed by atoms with E-state index in [2.05, 4.69) is 10.3 Å². The number of hydrogen-bond acceptors (Lipinski definition) is 4. The van der Waals surface area contributed by atoms with Crippen molar-refractivity contribution in [3.63, 3.8) is 0 Å². The highest BCUT2D eigenvalue weighted by Gasteiger charge is 2.14. The second-order valence-corrected chi connectivity index (χ2v) is 4.47. The zero-order valence-corrected chi connectivity index (χ0v) is 10.9. The van der Waals surface area contributed by atoms with Crippen molar-refractivity contribution in [2.45, 2.75) is 12.5 Å². The maximum Gasteiger partial charge on any atom is 0.253 e. The standard InChI is InChI=1S/C15H16N2O3/c18-10-13(6-11-4-2-1-3-5-11)17-15(20)12-7-14(19)9-16-8-12/h1-5,7-9,13,18-19H,6,10H2,(H,17,20). The van der Waals surface area contributed by atoms with Crippen molar-refractivity contribution >= 4 is 5.91 Å². The zero-order valence-electron chi connectivity index (χ0n) is 10.9. The first kappa shape index (κ1) is 14.0. The molecule has 3 N–H and O–H groups in total. The molecule has 5 heteroatoms. The van der Waals surface area contributed by atoms with Crippen LogP contribution in [0.25, 0.3) is 0 Å². The first-order chi connectivity index (χ1) is 9.69. The van der Waals surface area contributed by atoms with Gasteiger partial charge in [0.1, 0.15) is 5.75 Å². The van der Waals surface area contributed by atoms with E-state index in [0.29, 0.717) is 6.42 Å². The van der Waals surface area contributed by atoms with Gasteiger partial charge >= 0.3 is 0 Å². The number of hydrogen-bond donors (Lipinski definition) is 3. The van der Waals surface area contributed by atoms with Crippen LogP contribution < -0.4 is 5.32 Å². The van der Waals surface area contributed by atoms with Crippen LogP contribution in [0.1, 0.15) is 15.9 Å². The van der Waals surface area contributed by atoms with Crippen LogP contribution in [0, 0.1) is 0 Å². The van der Waals surface area contributed by atoms with Gasteiger partial charge in [-0.25, -0.2) is 0 Å². The van der Waals surface area contributed by atoms with E-state index in [1.165, 1.54) is 18.5 Å². The lowest BCUT2D eigenvalue weighted by molar-refractivity contribution is 0.0915. The summed E-state index contributed by atoms with van der Waals surface area (Å²) in [6.07, 6.45) is 3.16. The predicted octanol–water partition coefficient (Wildman–Crippen LogP) is 1.12. The number of nitrogens with one attached hydrogen (secondary N) is 1. The Morgan fingerprint density at radius 1 is 1.25 bits per heavy atom. The van der Waals surface area contributed by atoms with E-state index in [9.17, 15) is 15.0 Å². The number of aliphatic hydroxyl groups excluding tert-OH is 1. The van der Waals surface area contributed by atoms with Crippen molar-refractivity contribution in [2.24, 2.45) is 0 Å². The molecule has 1 amide bonds. The maximum atomic E-state index is 12.0. The minimum atomic E-state index is -0.382. The summed E-state index contributed by atoms with van der Waals surface area (Å²) in [5.74, 6) is -0.440. The lowest BCUT2D eigenvalue weighted by atomic mass is 10.1. The summed E-state index contributed by atoms with van der Waals surface area (Å²) in [6, 6.07) is 10.5. The van der Waals surface area contributed by atoms with Gasteiger partial charge in [-0.15, -0.1) is 0 Å². The number of aliphatic hydroxyl groups is 1. The minimum absolute atomic E-state index is 0.0683. The number of nitrogens with zero attached hydrogens (tertiary/aromatic N) is 1. The van der Waals surface area contributed by atoms with Crippen molar-refractivity contribution in [2.75, 3.05) is 6.61 Å². The Kier molecular flexibility index (Phi) is 4.68. The summed E-state index contributed by atoms with van der Waals surface area (Å²) >= 11 is 0. The minimum Gasteiger partial charge on any atom is -0.506 e. The number of aromatic hydroxyl groups is 1. The van der Waals surface area contributed by atoms with Gasteiger partial charge < -0.3 is 15.5 Å². The zero-order chi connectivity index (χ0) is 14.4. The monoisotopic (exact) mass is 272 g/mol. The second-order valence-electron chi connectivity index (χ2n) is 4.47. The fraction of sp³-hybridized carbons (Fsp3) is 0.200. The number of amides is 1. The van der Waals surface area contributed by atoms with Crippen LogP contribution in [0.3, 0.4) is 0 Å². The lowest BCUT2D eigenvalue weighted by Crippen LogP contribution is -2.39. The van der Waals surface area contributed by atoms with Crippen LogP contribution in [0.2, 0.25) is 0 Å². The van der Waals surface area contributed by atoms with Gasteiger partial charge in [-0.3, -0.25) is 9.78 Å². The first-order valence-corrected chi connectivity index (χ1v) is 6.28. The quantitative estimate of drug-likeness (QED) is 0.761. The summed E-state index contributed by atoms with van der Waals surface area (Å²) in [5, 5.41) is 21.4. The molecule has 20 heavy (non-hydrogen) atoms. The highest BCUT2D eigenvalue weighted by molar-refractivity contribution is 5.94. The Bertz CT molecular complexity index is 572. The number of aromatic nitrogens is 1. The summed E-state index contributed by atoms with van der Waals surface area (Å²) < 4.78 is 0. The Morgan fingerprint density at radius 2 is 2.00 bits per heavy atom. The van der Waals surface area contributed by atoms with Gasteiger partial charge in [-0.2, -0.15) is 0 Å². The van der Waals surface area contributed by atoms with Crippen LogP contribution in [0.4, 0.5) is 0 Å². The van der Waals surface area contributed by atoms with Crippen molar-refractivity contribution in [1.82, 2.24) is 10.3 Å². The molecule has 0 saturated carbocycles. The van der Waals surface area contributed by atoms with E-state index in [1.807, 2.05) is 30.3 Å². The van der Waals surface area contributed by atoms with E-state index in [4.69, 9.17) is 0 Å². The van der Waals surface area contributed by atoms with Gasteiger partial charge in [0.25, 0.3) is 5.91 Å². The van der Waals surface area contributed by atoms with Crippen molar-refractivity contribution in [3.05, 3.63) is 59.9 Å². The van der Waals surface area contributed by atoms with Crippen molar-refractivity contribution in [1.29, 1.82) is 0 Å². The molecular formula is C15H16N2O3. The number of pyridine rings is 1. The SMILES string of the molecule is O=C(NC(CO)Cc1ccccc1)c1cncc(O)c1. The molecule has 0 fully saturated rings. The van der Waals surface area contributed by atoms with Gasteiger partial charge in [-0.1, -0.05) is 30.3 Å². The molecule has 1 aromatic carbocycles. The van der Waals surface area contributed by atoms with Crippen molar-refractivity contribution in [3.8, 4) is 5.75 Å². The molecule has 0 bridgehead atoms. The summed E-state index contributed by atoms with van der Waals surface area (Å²) in [7, 11) is 0. The van der Waals surface area contributed by atoms with Gasteiger partial charge in [0, 0.05) is 6.20 Å². The second kappa shape index (κ2) is 6.68. The van der Waals surface area contributed by atoms with Gasteiger partial charge in [0.2, 0.25) is 0 Å². The molecule has 0 saturated heterocycles. The third-order valence-electron chi connectivity index (χ3n) is 2.87. The van der Waals surface area contributed by atoms with Crippen LogP contribution in [-0.2, 0) is 6.42 Å². The molecule has 1 unspecified atom stereocenters. The molecular weight excluding hydrogens is 256 g/mol. The smallest absolute Gasteiger partial charge is 0.253 e. The molecule has 1 atom stereocenters. The van der Waals surface area contributed by atoms with Gasteiger partial charge in [0.05, 0.1) is 24.4 Å². The van der Waals surface area contributed by atoms with Crippen LogP contribution in [0.15, 0.2) is 48.8 Å². The molecule has 0 aliphatic heterocycles. The summed E-state index contributed by atoms with van der Waals surface area (Å²) in [6.45, 7) is -0.160. The molecule has 2 rings (SSSR count). The lowest BCUT2D eigenvalue weighted by Gasteiger charge is -2.16. The van der Waals surface area contributed by atoms with Crippen LogP contribution >= 0.6 is 0 Å². The van der Waals surface area contributed by atoms with E-state index in [0.717, 1.165) is 5.56 Å². The largest absolute Gasteiger partial charge is 0.506 e. The maximum absolute atomic E-state index is 12.0. The first-order valence-electron chi connectivity index (χ1n) is 6.28. The molecule has 2 aromatic rings. The van der Waals surface area contributed by atoms with E-state index >= 15 is 0 Å². The summed E-state index contributed by atoms with van der Waals surface area (Å²) in [4.78, 5) is 15.7. The average molecular weight is 272 g/mol. The molecule has 5 nitrogen and oxygen atoms in total. The molecule has 104 valence electrons. The van der Waals surface area contributed by atoms with Crippen LogP contribution in [-0.4, -0.2) is 33.8 Å². The normalized spacial score (nSPS) is 11.8. The molecule has 0 aliphatic rings. The Hall–Kier alpha value is -2.40. The fourth-order valence-electron chi connectivity index (χ4n) is 1.88. The fourth-order valence-corrected chi connectivity index (χ4v) is 1.88. The van der Waals surface area contributed by atoms with Gasteiger partial charge in [-0.05, 0) is 18.1 Å². The number of carbonyl (C=O) groups is 1. The number of carbonyl (C=O) groups excluding carboxylic acids is 1. The molecule has 1 heterocycles. The third-order valence-corrected chi connectivity index (χ3v) is 2.87. The average Bonchev–Trinajstić information content (AvgIpc) is 2.47. The predicted molar refractivity (Wildman–Crippen MR) is 74.4 cm³/mol. The molecule has 0 aliphatic carbocycles. The summed E-state index contributed by atoms with van der Waals surface area (Å²) in [5.41, 5.74) is 1.29. The highest BCUT2D eigenvalue weighted by Crippen LogP contribution is 2.09. The van der Waals surface area contributed by atoms with E-state index in [-0.39, 0.29) is 29.9 Å². The third kappa shape index (κ3) is 3.80. The Labute approximate surface area is 116 Å². The molecule has 1 aromatic heterocycles. The van der Waals surface area contributed by atoms with E-state index in [1.54, 1.807) is 0 Å². The topological polar surface area (TPSA) is 82.5 Å². The van der Waals surface area contributed by atoms with Crippen LogP contribution in [0.5, 0.6) is 5.75 Å². The molecule has 0 radical (unpaired) electrons. The Balaban J connectivity index is 2.01. The van der Waals surface area contributed by atoms with E-state index < -0.39 is 0 Å². The number of benzene rings is 1. The van der Waals surface area contributed by atoms with Gasteiger partial charge in [0.15, 0.2) is 0 Å². The van der Waals surface area contributed by atoms with Crippen molar-refractivity contribution < 1.29 is 15.0 Å².